The molecule has 29 heavy (non-hydrogen) atoms. The summed E-state index contributed by atoms with van der Waals surface area (Å²) in [6, 6.07) is 9.75. The van der Waals surface area contributed by atoms with E-state index < -0.39 is 10.0 Å². The van der Waals surface area contributed by atoms with Gasteiger partial charge in [0, 0.05) is 39.1 Å². The van der Waals surface area contributed by atoms with Crippen LogP contribution < -0.4 is 0 Å². The van der Waals surface area contributed by atoms with Gasteiger partial charge in [0.2, 0.25) is 21.8 Å². The summed E-state index contributed by atoms with van der Waals surface area (Å²) >= 11 is 0. The molecule has 1 aromatic rings. The zero-order valence-electron chi connectivity index (χ0n) is 17.3. The van der Waals surface area contributed by atoms with Gasteiger partial charge >= 0.3 is 0 Å². The number of likely N-dealkylation sites (tertiary alicyclic amines) is 1. The molecule has 1 aromatic carbocycles. The lowest BCUT2D eigenvalue weighted by atomic mass is 10.1. The van der Waals surface area contributed by atoms with Crippen molar-refractivity contribution in [2.75, 3.05) is 38.5 Å². The number of hydrogen-bond donors (Lipinski definition) is 0. The second kappa shape index (κ2) is 9.26. The highest BCUT2D eigenvalue weighted by molar-refractivity contribution is 7.89. The first-order chi connectivity index (χ1) is 13.8. The van der Waals surface area contributed by atoms with Crippen molar-refractivity contribution in [3.8, 4) is 0 Å². The normalized spacial score (nSPS) is 22.1. The van der Waals surface area contributed by atoms with E-state index in [1.807, 2.05) is 44.2 Å². The van der Waals surface area contributed by atoms with E-state index in [9.17, 15) is 18.0 Å². The fourth-order valence-electron chi connectivity index (χ4n) is 4.08. The van der Waals surface area contributed by atoms with E-state index in [2.05, 4.69) is 0 Å². The number of hydrogen-bond acceptors (Lipinski definition) is 4. The summed E-state index contributed by atoms with van der Waals surface area (Å²) in [5.41, 5.74) is 1.06. The molecule has 3 rings (SSSR count). The average molecular weight is 422 g/mol. The molecule has 0 aromatic heterocycles. The summed E-state index contributed by atoms with van der Waals surface area (Å²) in [5.74, 6) is -0.218. The number of benzene rings is 1. The van der Waals surface area contributed by atoms with Crippen LogP contribution in [-0.4, -0.2) is 72.8 Å². The van der Waals surface area contributed by atoms with Crippen LogP contribution in [0.5, 0.6) is 0 Å². The molecule has 0 spiro atoms. The summed E-state index contributed by atoms with van der Waals surface area (Å²) in [6.45, 7) is 5.83. The van der Waals surface area contributed by atoms with Crippen molar-refractivity contribution in [1.29, 1.82) is 0 Å². The van der Waals surface area contributed by atoms with Crippen molar-refractivity contribution >= 4 is 21.8 Å². The Morgan fingerprint density at radius 1 is 1.14 bits per heavy atom. The quantitative estimate of drug-likeness (QED) is 0.673. The molecular weight excluding hydrogens is 390 g/mol. The van der Waals surface area contributed by atoms with Gasteiger partial charge in [0.25, 0.3) is 0 Å². The largest absolute Gasteiger partial charge is 0.340 e. The number of amides is 2. The monoisotopic (exact) mass is 421 g/mol. The SMILES string of the molecule is CCCCS(=O)(=O)N1CCN(C(=O)C2CC(=O)N(C(C)c3ccccc3)C2)CC1. The maximum absolute atomic E-state index is 13.0. The molecule has 2 amide bonds. The van der Waals surface area contributed by atoms with Crippen molar-refractivity contribution in [2.24, 2.45) is 5.92 Å². The lowest BCUT2D eigenvalue weighted by Crippen LogP contribution is -2.52. The van der Waals surface area contributed by atoms with Crippen LogP contribution in [0.15, 0.2) is 30.3 Å². The van der Waals surface area contributed by atoms with Crippen molar-refractivity contribution in [1.82, 2.24) is 14.1 Å². The van der Waals surface area contributed by atoms with Gasteiger partial charge in [0.05, 0.1) is 17.7 Å². The number of sulfonamides is 1. The Balaban J connectivity index is 1.56. The van der Waals surface area contributed by atoms with E-state index >= 15 is 0 Å². The van der Waals surface area contributed by atoms with Crippen molar-refractivity contribution in [3.63, 3.8) is 0 Å². The van der Waals surface area contributed by atoms with Crippen LogP contribution in [0, 0.1) is 5.92 Å². The van der Waals surface area contributed by atoms with E-state index in [0.29, 0.717) is 39.1 Å². The standard InChI is InChI=1S/C21H31N3O4S/c1-3-4-14-29(27,28)23-12-10-22(11-13-23)21(26)19-15-20(25)24(16-19)17(2)18-8-6-5-7-9-18/h5-9,17,19H,3-4,10-16H2,1-2H3. The first-order valence-electron chi connectivity index (χ1n) is 10.4. The molecule has 2 fully saturated rings. The molecule has 0 radical (unpaired) electrons. The molecule has 2 unspecified atom stereocenters. The third-order valence-corrected chi connectivity index (χ3v) is 7.91. The van der Waals surface area contributed by atoms with Crippen LogP contribution in [-0.2, 0) is 19.6 Å². The Morgan fingerprint density at radius 3 is 2.41 bits per heavy atom. The fourth-order valence-corrected chi connectivity index (χ4v) is 5.71. The number of rotatable bonds is 7. The van der Waals surface area contributed by atoms with Gasteiger partial charge in [-0.2, -0.15) is 4.31 Å². The highest BCUT2D eigenvalue weighted by Gasteiger charge is 2.40. The van der Waals surface area contributed by atoms with Gasteiger partial charge in [0.1, 0.15) is 0 Å². The van der Waals surface area contributed by atoms with Gasteiger partial charge in [-0.05, 0) is 18.9 Å². The van der Waals surface area contributed by atoms with Crippen molar-refractivity contribution in [2.45, 2.75) is 39.2 Å². The molecule has 0 N–H and O–H groups in total. The Kier molecular flexibility index (Phi) is 6.95. The third kappa shape index (κ3) is 4.98. The predicted octanol–water partition coefficient (Wildman–Crippen LogP) is 1.87. The van der Waals surface area contributed by atoms with Gasteiger partial charge < -0.3 is 9.80 Å². The Hall–Kier alpha value is -1.93. The van der Waals surface area contributed by atoms with E-state index in [1.54, 1.807) is 9.80 Å². The van der Waals surface area contributed by atoms with Gasteiger partial charge in [0.15, 0.2) is 0 Å². The summed E-state index contributed by atoms with van der Waals surface area (Å²) in [5, 5.41) is 0. The number of piperazine rings is 1. The second-order valence-electron chi connectivity index (χ2n) is 7.93. The topological polar surface area (TPSA) is 78.0 Å². The van der Waals surface area contributed by atoms with Crippen molar-refractivity contribution in [3.05, 3.63) is 35.9 Å². The minimum Gasteiger partial charge on any atom is -0.340 e. The highest BCUT2D eigenvalue weighted by Crippen LogP contribution is 2.29. The second-order valence-corrected chi connectivity index (χ2v) is 10.0. The van der Waals surface area contributed by atoms with E-state index in [4.69, 9.17) is 0 Å². The maximum atomic E-state index is 13.0. The molecule has 0 saturated carbocycles. The number of carbonyl (C=O) groups excluding carboxylic acids is 2. The Labute approximate surface area is 173 Å². The third-order valence-electron chi connectivity index (χ3n) is 5.96. The van der Waals surface area contributed by atoms with E-state index in [-0.39, 0.29) is 35.9 Å². The van der Waals surface area contributed by atoms with Crippen molar-refractivity contribution < 1.29 is 18.0 Å². The first kappa shape index (κ1) is 21.8. The van der Waals surface area contributed by atoms with Crippen LogP contribution in [0.1, 0.15) is 44.7 Å². The minimum absolute atomic E-state index is 0.000447. The average Bonchev–Trinajstić information content (AvgIpc) is 3.13. The van der Waals surface area contributed by atoms with Gasteiger partial charge in [-0.3, -0.25) is 9.59 Å². The highest BCUT2D eigenvalue weighted by atomic mass is 32.2. The van der Waals surface area contributed by atoms with Crippen LogP contribution in [0.25, 0.3) is 0 Å². The molecule has 8 heteroatoms. The smallest absolute Gasteiger partial charge is 0.228 e. The van der Waals surface area contributed by atoms with Gasteiger partial charge in [-0.1, -0.05) is 43.7 Å². The fraction of sp³-hybridized carbons (Fsp3) is 0.619. The minimum atomic E-state index is -3.24. The molecular formula is C21H31N3O4S. The summed E-state index contributed by atoms with van der Waals surface area (Å²) in [4.78, 5) is 29.0. The van der Waals surface area contributed by atoms with Gasteiger partial charge in [-0.15, -0.1) is 0 Å². The predicted molar refractivity (Wildman–Crippen MR) is 112 cm³/mol. The molecule has 2 saturated heterocycles. The maximum Gasteiger partial charge on any atom is 0.228 e. The molecule has 2 aliphatic rings. The van der Waals surface area contributed by atoms with Crippen LogP contribution >= 0.6 is 0 Å². The lowest BCUT2D eigenvalue weighted by molar-refractivity contribution is -0.137. The van der Waals surface area contributed by atoms with E-state index in [0.717, 1.165) is 12.0 Å². The number of carbonyl (C=O) groups is 2. The Morgan fingerprint density at radius 2 is 1.79 bits per heavy atom. The zero-order chi connectivity index (χ0) is 21.0. The molecule has 7 nitrogen and oxygen atoms in total. The molecule has 0 bridgehead atoms. The number of unbranched alkanes of at least 4 members (excludes halogenated alkanes) is 1. The van der Waals surface area contributed by atoms with Crippen LogP contribution in [0.3, 0.4) is 0 Å². The van der Waals surface area contributed by atoms with Crippen LogP contribution in [0.4, 0.5) is 0 Å². The van der Waals surface area contributed by atoms with E-state index in [1.165, 1.54) is 4.31 Å². The molecule has 2 aliphatic heterocycles. The first-order valence-corrected chi connectivity index (χ1v) is 12.1. The zero-order valence-corrected chi connectivity index (χ0v) is 18.1. The summed E-state index contributed by atoms with van der Waals surface area (Å²) in [7, 11) is -3.24. The molecule has 0 aliphatic carbocycles. The molecule has 2 heterocycles. The molecule has 2 atom stereocenters. The van der Waals surface area contributed by atoms with Crippen LogP contribution in [0.2, 0.25) is 0 Å². The lowest BCUT2D eigenvalue weighted by Gasteiger charge is -2.35. The Bertz CT molecular complexity index is 820. The number of nitrogens with zero attached hydrogens (tertiary/aromatic N) is 3. The summed E-state index contributed by atoms with van der Waals surface area (Å²) in [6.07, 6.45) is 1.72. The summed E-state index contributed by atoms with van der Waals surface area (Å²) < 4.78 is 26.2. The van der Waals surface area contributed by atoms with Gasteiger partial charge in [-0.25, -0.2) is 8.42 Å². The molecule has 160 valence electrons.